The molecule has 3 aliphatic rings. The minimum absolute atomic E-state index is 0.0714. The van der Waals surface area contributed by atoms with Crippen molar-refractivity contribution in [1.82, 2.24) is 10.5 Å². The minimum Gasteiger partial charge on any atom is -0.361 e. The lowest BCUT2D eigenvalue weighted by Crippen LogP contribution is -2.57. The Hall–Kier alpha value is -2.57. The molecule has 2 heterocycles. The van der Waals surface area contributed by atoms with Crippen molar-refractivity contribution in [3.63, 3.8) is 0 Å². The van der Waals surface area contributed by atoms with Crippen LogP contribution in [0.15, 0.2) is 22.7 Å². The van der Waals surface area contributed by atoms with Crippen molar-refractivity contribution in [2.45, 2.75) is 89.8 Å². The number of aromatic nitrogens is 1. The van der Waals surface area contributed by atoms with E-state index in [0.29, 0.717) is 11.4 Å². The fourth-order valence-corrected chi connectivity index (χ4v) is 6.44. The zero-order valence-corrected chi connectivity index (χ0v) is 19.7. The first-order valence-electron chi connectivity index (χ1n) is 12.6. The highest BCUT2D eigenvalue weighted by atomic mass is 19.1. The Labute approximate surface area is 195 Å². The van der Waals surface area contributed by atoms with E-state index >= 15 is 0 Å². The number of nitrogens with one attached hydrogen (secondary N) is 3. The van der Waals surface area contributed by atoms with E-state index in [1.165, 1.54) is 25.0 Å². The summed E-state index contributed by atoms with van der Waals surface area (Å²) < 4.78 is 19.7. The summed E-state index contributed by atoms with van der Waals surface area (Å²) >= 11 is 0. The van der Waals surface area contributed by atoms with Gasteiger partial charge in [-0.2, -0.15) is 0 Å². The maximum Gasteiger partial charge on any atom is 0.228 e. The molecule has 2 atom stereocenters. The highest BCUT2D eigenvalue weighted by Crippen LogP contribution is 2.50. The van der Waals surface area contributed by atoms with E-state index in [1.54, 1.807) is 6.07 Å². The molecule has 5 rings (SSSR count). The van der Waals surface area contributed by atoms with Crippen molar-refractivity contribution in [3.8, 4) is 0 Å². The largest absolute Gasteiger partial charge is 0.361 e. The second-order valence-corrected chi connectivity index (χ2v) is 10.2. The number of hydrogen-bond acceptors (Lipinski definition) is 5. The molecule has 1 aromatic heterocycles. The van der Waals surface area contributed by atoms with Gasteiger partial charge in [-0.1, -0.05) is 43.7 Å². The smallest absolute Gasteiger partial charge is 0.228 e. The third-order valence-corrected chi connectivity index (χ3v) is 7.89. The van der Waals surface area contributed by atoms with E-state index < -0.39 is 5.66 Å². The maximum absolute atomic E-state index is 14.2. The van der Waals surface area contributed by atoms with Gasteiger partial charge in [0.1, 0.15) is 11.6 Å². The van der Waals surface area contributed by atoms with Crippen molar-refractivity contribution in [3.05, 3.63) is 41.0 Å². The van der Waals surface area contributed by atoms with Crippen LogP contribution in [0.5, 0.6) is 0 Å². The number of amides is 1. The van der Waals surface area contributed by atoms with Gasteiger partial charge in [-0.3, -0.25) is 4.79 Å². The normalized spacial score (nSPS) is 24.6. The molecular weight excluding hydrogens is 419 g/mol. The lowest BCUT2D eigenvalue weighted by molar-refractivity contribution is -0.130. The third-order valence-electron chi connectivity index (χ3n) is 7.89. The number of fused-ring (bicyclic) bond motifs is 1. The standard InChI is InChI=1S/C26H35FN4O2/c1-16-23(17(2)33-31-16)26(29-21-14-13-19(27)15-22(21)30-26)24(18-9-5-3-6-10-18)25(32)28-20-11-7-4-8-12-20/h13-15,18,20,24,29-30H,3-12H2,1-2H3,(H,28,32). The Morgan fingerprint density at radius 3 is 2.39 bits per heavy atom. The number of carbonyl (C=O) groups excluding carboxylic acids is 1. The van der Waals surface area contributed by atoms with Crippen LogP contribution >= 0.6 is 0 Å². The van der Waals surface area contributed by atoms with Crippen LogP contribution in [0.2, 0.25) is 0 Å². The predicted octanol–water partition coefficient (Wildman–Crippen LogP) is 5.77. The summed E-state index contributed by atoms with van der Waals surface area (Å²) in [6.45, 7) is 3.80. The molecule has 1 aromatic carbocycles. The SMILES string of the molecule is Cc1noc(C)c1C1(C(C(=O)NC2CCCCC2)C2CCCCC2)Nc2ccc(F)cc2N1. The van der Waals surface area contributed by atoms with E-state index in [0.717, 1.165) is 68.3 Å². The second-order valence-electron chi connectivity index (χ2n) is 10.2. The average Bonchev–Trinajstić information content (AvgIpc) is 3.34. The molecule has 0 radical (unpaired) electrons. The number of anilines is 2. The van der Waals surface area contributed by atoms with E-state index in [2.05, 4.69) is 21.1 Å². The molecule has 2 aliphatic carbocycles. The third kappa shape index (κ3) is 4.11. The lowest BCUT2D eigenvalue weighted by Gasteiger charge is -2.43. The van der Waals surface area contributed by atoms with E-state index in [1.807, 2.05) is 13.8 Å². The number of aryl methyl sites for hydroxylation is 2. The summed E-state index contributed by atoms with van der Waals surface area (Å²) in [6, 6.07) is 4.92. The van der Waals surface area contributed by atoms with E-state index in [-0.39, 0.29) is 29.6 Å². The van der Waals surface area contributed by atoms with Gasteiger partial charge in [0.15, 0.2) is 5.66 Å². The summed E-state index contributed by atoms with van der Waals surface area (Å²) in [4.78, 5) is 14.1. The van der Waals surface area contributed by atoms with Crippen molar-refractivity contribution in [2.75, 3.05) is 10.6 Å². The van der Waals surface area contributed by atoms with Gasteiger partial charge in [0, 0.05) is 6.04 Å². The molecule has 2 unspecified atom stereocenters. The van der Waals surface area contributed by atoms with E-state index in [9.17, 15) is 9.18 Å². The predicted molar refractivity (Wildman–Crippen MR) is 126 cm³/mol. The summed E-state index contributed by atoms with van der Waals surface area (Å²) in [5.74, 6) is 0.259. The van der Waals surface area contributed by atoms with Crippen LogP contribution in [0.25, 0.3) is 0 Å². The number of benzene rings is 1. The van der Waals surface area contributed by atoms with Gasteiger partial charge in [-0.15, -0.1) is 0 Å². The number of hydrogen-bond donors (Lipinski definition) is 3. The topological polar surface area (TPSA) is 79.2 Å². The highest BCUT2D eigenvalue weighted by Gasteiger charge is 2.54. The molecule has 0 saturated heterocycles. The van der Waals surface area contributed by atoms with E-state index in [4.69, 9.17) is 4.52 Å². The number of carbonyl (C=O) groups is 1. The molecule has 1 amide bonds. The van der Waals surface area contributed by atoms with Crippen LogP contribution in [0, 0.1) is 31.5 Å². The van der Waals surface area contributed by atoms with Gasteiger partial charge in [0.2, 0.25) is 5.91 Å². The molecule has 7 heteroatoms. The monoisotopic (exact) mass is 454 g/mol. The van der Waals surface area contributed by atoms with Gasteiger partial charge < -0.3 is 20.5 Å². The number of rotatable bonds is 5. The molecule has 2 saturated carbocycles. The van der Waals surface area contributed by atoms with Gasteiger partial charge in [0.25, 0.3) is 0 Å². The lowest BCUT2D eigenvalue weighted by atomic mass is 9.70. The molecular formula is C26H35FN4O2. The molecule has 0 bridgehead atoms. The summed E-state index contributed by atoms with van der Waals surface area (Å²) in [7, 11) is 0. The zero-order chi connectivity index (χ0) is 23.0. The summed E-state index contributed by atoms with van der Waals surface area (Å²) in [5, 5.41) is 14.9. The van der Waals surface area contributed by atoms with Crippen molar-refractivity contribution < 1.29 is 13.7 Å². The zero-order valence-electron chi connectivity index (χ0n) is 19.7. The van der Waals surface area contributed by atoms with Crippen molar-refractivity contribution >= 4 is 17.3 Å². The Balaban J connectivity index is 1.59. The van der Waals surface area contributed by atoms with Crippen molar-refractivity contribution in [2.24, 2.45) is 11.8 Å². The van der Waals surface area contributed by atoms with Gasteiger partial charge in [0.05, 0.1) is 28.6 Å². The first-order valence-corrected chi connectivity index (χ1v) is 12.6. The molecule has 1 aliphatic heterocycles. The van der Waals surface area contributed by atoms with Crippen LogP contribution in [0.4, 0.5) is 15.8 Å². The minimum atomic E-state index is -0.939. The quantitative estimate of drug-likeness (QED) is 0.535. The first kappa shape index (κ1) is 22.2. The molecule has 6 nitrogen and oxygen atoms in total. The highest BCUT2D eigenvalue weighted by molar-refractivity contribution is 5.86. The Kier molecular flexibility index (Phi) is 6.06. The average molecular weight is 455 g/mol. The Morgan fingerprint density at radius 2 is 1.73 bits per heavy atom. The molecule has 2 aromatic rings. The number of nitrogens with zero attached hydrogens (tertiary/aromatic N) is 1. The molecule has 178 valence electrons. The van der Waals surface area contributed by atoms with Gasteiger partial charge in [-0.25, -0.2) is 4.39 Å². The molecule has 3 N–H and O–H groups in total. The fraction of sp³-hybridized carbons (Fsp3) is 0.615. The Morgan fingerprint density at radius 1 is 1.06 bits per heavy atom. The fourth-order valence-electron chi connectivity index (χ4n) is 6.44. The first-order chi connectivity index (χ1) is 16.0. The van der Waals surface area contributed by atoms with Crippen molar-refractivity contribution in [1.29, 1.82) is 0 Å². The Bertz CT molecular complexity index is 990. The maximum atomic E-state index is 14.2. The summed E-state index contributed by atoms with van der Waals surface area (Å²) in [5.41, 5.74) is 2.12. The van der Waals surface area contributed by atoms with Crippen LogP contribution in [0.1, 0.15) is 81.2 Å². The van der Waals surface area contributed by atoms with Crippen LogP contribution in [-0.2, 0) is 10.5 Å². The molecule has 0 spiro atoms. The second kappa shape index (κ2) is 8.99. The van der Waals surface area contributed by atoms with Crippen LogP contribution in [0.3, 0.4) is 0 Å². The van der Waals surface area contributed by atoms with Crippen LogP contribution < -0.4 is 16.0 Å². The molecule has 2 fully saturated rings. The number of halogens is 1. The van der Waals surface area contributed by atoms with Gasteiger partial charge >= 0.3 is 0 Å². The van der Waals surface area contributed by atoms with Gasteiger partial charge in [-0.05, 0) is 63.6 Å². The molecule has 33 heavy (non-hydrogen) atoms. The van der Waals surface area contributed by atoms with Crippen LogP contribution in [-0.4, -0.2) is 17.1 Å². The summed E-state index contributed by atoms with van der Waals surface area (Å²) in [6.07, 6.45) is 11.1.